The number of rotatable bonds is 5. The van der Waals surface area contributed by atoms with Crippen molar-refractivity contribution in [3.63, 3.8) is 0 Å². The number of hydrogen-bond acceptors (Lipinski definition) is 4. The Labute approximate surface area is 124 Å². The summed E-state index contributed by atoms with van der Waals surface area (Å²) in [5, 5.41) is 14.0. The van der Waals surface area contributed by atoms with E-state index >= 15 is 0 Å². The smallest absolute Gasteiger partial charge is 0.269 e. The molecule has 1 saturated heterocycles. The van der Waals surface area contributed by atoms with Gasteiger partial charge in [0.25, 0.3) is 5.69 Å². The molecule has 2 rings (SSSR count). The van der Waals surface area contributed by atoms with Crippen molar-refractivity contribution >= 4 is 11.6 Å². The summed E-state index contributed by atoms with van der Waals surface area (Å²) < 4.78 is 0. The van der Waals surface area contributed by atoms with E-state index in [0.29, 0.717) is 11.5 Å². The predicted octanol–water partition coefficient (Wildman–Crippen LogP) is 1.60. The molecule has 0 atom stereocenters. The highest BCUT2D eigenvalue weighted by atomic mass is 16.6. The summed E-state index contributed by atoms with van der Waals surface area (Å²) in [4.78, 5) is 24.3. The Balaban J connectivity index is 1.90. The Bertz CT molecular complexity index is 513. The van der Waals surface area contributed by atoms with E-state index in [9.17, 15) is 14.9 Å². The molecule has 6 heteroatoms. The molecule has 1 aliphatic heterocycles. The standard InChI is InChI=1S/C15H21N3O3/c1-17(11-12-5-7-16-8-6-12)15(19)10-13-3-2-4-14(9-13)18(20)21/h2-4,9,12,16H,5-8,10-11H2,1H3. The first-order valence-electron chi connectivity index (χ1n) is 7.24. The van der Waals surface area contributed by atoms with Crippen molar-refractivity contribution in [3.05, 3.63) is 39.9 Å². The topological polar surface area (TPSA) is 75.5 Å². The molecule has 0 bridgehead atoms. The number of carbonyl (C=O) groups excluding carboxylic acids is 1. The highest BCUT2D eigenvalue weighted by Crippen LogP contribution is 2.16. The number of carbonyl (C=O) groups is 1. The van der Waals surface area contributed by atoms with Gasteiger partial charge in [-0.3, -0.25) is 14.9 Å². The van der Waals surface area contributed by atoms with E-state index in [1.807, 2.05) is 7.05 Å². The van der Waals surface area contributed by atoms with E-state index in [0.717, 1.165) is 32.5 Å². The molecule has 0 spiro atoms. The minimum Gasteiger partial charge on any atom is -0.345 e. The van der Waals surface area contributed by atoms with Gasteiger partial charge in [0.15, 0.2) is 0 Å². The lowest BCUT2D eigenvalue weighted by Crippen LogP contribution is -2.37. The third-order valence-corrected chi connectivity index (χ3v) is 3.89. The molecular formula is C15H21N3O3. The molecule has 0 unspecified atom stereocenters. The summed E-state index contributed by atoms with van der Waals surface area (Å²) in [5.74, 6) is 0.555. The summed E-state index contributed by atoms with van der Waals surface area (Å²) in [6.07, 6.45) is 2.39. The summed E-state index contributed by atoms with van der Waals surface area (Å²) in [6, 6.07) is 6.28. The van der Waals surface area contributed by atoms with Gasteiger partial charge < -0.3 is 10.2 Å². The number of nitro groups is 1. The first kappa shape index (κ1) is 15.4. The van der Waals surface area contributed by atoms with Crippen LogP contribution in [0.2, 0.25) is 0 Å². The Morgan fingerprint density at radius 2 is 2.14 bits per heavy atom. The average Bonchev–Trinajstić information content (AvgIpc) is 2.48. The van der Waals surface area contributed by atoms with Crippen LogP contribution in [0.4, 0.5) is 5.69 Å². The number of nitrogens with zero attached hydrogens (tertiary/aromatic N) is 2. The zero-order chi connectivity index (χ0) is 15.2. The number of nitro benzene ring substituents is 1. The van der Waals surface area contributed by atoms with E-state index in [1.54, 1.807) is 17.0 Å². The van der Waals surface area contributed by atoms with E-state index in [-0.39, 0.29) is 18.0 Å². The molecule has 21 heavy (non-hydrogen) atoms. The minimum absolute atomic E-state index is 0.00836. The van der Waals surface area contributed by atoms with Gasteiger partial charge in [0.1, 0.15) is 0 Å². The molecule has 0 saturated carbocycles. The van der Waals surface area contributed by atoms with Gasteiger partial charge in [0.2, 0.25) is 5.91 Å². The number of amides is 1. The van der Waals surface area contributed by atoms with Crippen LogP contribution >= 0.6 is 0 Å². The van der Waals surface area contributed by atoms with Crippen LogP contribution < -0.4 is 5.32 Å². The molecule has 0 radical (unpaired) electrons. The van der Waals surface area contributed by atoms with Crippen LogP contribution in [-0.4, -0.2) is 42.4 Å². The van der Waals surface area contributed by atoms with E-state index < -0.39 is 4.92 Å². The Morgan fingerprint density at radius 3 is 2.81 bits per heavy atom. The fourth-order valence-corrected chi connectivity index (χ4v) is 2.64. The quantitative estimate of drug-likeness (QED) is 0.660. The van der Waals surface area contributed by atoms with Gasteiger partial charge in [-0.1, -0.05) is 12.1 Å². The Kier molecular flexibility index (Phi) is 5.27. The monoisotopic (exact) mass is 291 g/mol. The van der Waals surface area contributed by atoms with Crippen molar-refractivity contribution in [1.29, 1.82) is 0 Å². The van der Waals surface area contributed by atoms with Crippen molar-refractivity contribution in [2.45, 2.75) is 19.3 Å². The SMILES string of the molecule is CN(CC1CCNCC1)C(=O)Cc1cccc([N+](=O)[O-])c1. The minimum atomic E-state index is -0.438. The lowest BCUT2D eigenvalue weighted by Gasteiger charge is -2.27. The second-order valence-corrected chi connectivity index (χ2v) is 5.57. The van der Waals surface area contributed by atoms with E-state index in [2.05, 4.69) is 5.32 Å². The average molecular weight is 291 g/mol. The molecule has 1 fully saturated rings. The number of nitrogens with one attached hydrogen (secondary N) is 1. The molecule has 1 aromatic rings. The van der Waals surface area contributed by atoms with Crippen LogP contribution in [-0.2, 0) is 11.2 Å². The van der Waals surface area contributed by atoms with Crippen LogP contribution in [0.1, 0.15) is 18.4 Å². The first-order valence-corrected chi connectivity index (χ1v) is 7.24. The largest absolute Gasteiger partial charge is 0.345 e. The normalized spacial score (nSPS) is 15.7. The Morgan fingerprint density at radius 1 is 1.43 bits per heavy atom. The Hall–Kier alpha value is -1.95. The second kappa shape index (κ2) is 7.17. The van der Waals surface area contributed by atoms with Crippen molar-refractivity contribution in [2.24, 2.45) is 5.92 Å². The van der Waals surface area contributed by atoms with Gasteiger partial charge in [0.05, 0.1) is 11.3 Å². The number of likely N-dealkylation sites (N-methyl/N-ethyl adjacent to an activating group) is 1. The lowest BCUT2D eigenvalue weighted by molar-refractivity contribution is -0.384. The van der Waals surface area contributed by atoms with Gasteiger partial charge in [-0.15, -0.1) is 0 Å². The van der Waals surface area contributed by atoms with E-state index in [4.69, 9.17) is 0 Å². The summed E-state index contributed by atoms with van der Waals surface area (Å²) >= 11 is 0. The van der Waals surface area contributed by atoms with Gasteiger partial charge in [-0.25, -0.2) is 0 Å². The molecule has 0 aliphatic carbocycles. The van der Waals surface area contributed by atoms with Crippen molar-refractivity contribution in [1.82, 2.24) is 10.2 Å². The maximum absolute atomic E-state index is 12.2. The van der Waals surface area contributed by atoms with E-state index in [1.165, 1.54) is 12.1 Å². The molecule has 114 valence electrons. The predicted molar refractivity (Wildman–Crippen MR) is 80.0 cm³/mol. The summed E-state index contributed by atoms with van der Waals surface area (Å²) in [6.45, 7) is 2.78. The van der Waals surface area contributed by atoms with Crippen LogP contribution in [0.15, 0.2) is 24.3 Å². The zero-order valence-electron chi connectivity index (χ0n) is 12.2. The van der Waals surface area contributed by atoms with Crippen LogP contribution in [0.3, 0.4) is 0 Å². The fraction of sp³-hybridized carbons (Fsp3) is 0.533. The molecule has 1 heterocycles. The second-order valence-electron chi connectivity index (χ2n) is 5.57. The van der Waals surface area contributed by atoms with Gasteiger partial charge in [-0.2, -0.15) is 0 Å². The number of non-ortho nitro benzene ring substituents is 1. The first-order chi connectivity index (χ1) is 10.1. The highest BCUT2D eigenvalue weighted by molar-refractivity contribution is 5.78. The fourth-order valence-electron chi connectivity index (χ4n) is 2.64. The van der Waals surface area contributed by atoms with Gasteiger partial charge >= 0.3 is 0 Å². The van der Waals surface area contributed by atoms with Crippen LogP contribution in [0.25, 0.3) is 0 Å². The molecule has 1 aliphatic rings. The molecule has 0 aromatic heterocycles. The maximum Gasteiger partial charge on any atom is 0.269 e. The number of benzene rings is 1. The zero-order valence-corrected chi connectivity index (χ0v) is 12.2. The lowest BCUT2D eigenvalue weighted by atomic mass is 9.97. The molecule has 1 N–H and O–H groups in total. The number of piperidine rings is 1. The molecular weight excluding hydrogens is 270 g/mol. The van der Waals surface area contributed by atoms with Gasteiger partial charge in [-0.05, 0) is 37.4 Å². The maximum atomic E-state index is 12.2. The van der Waals surface area contributed by atoms with Crippen molar-refractivity contribution in [3.8, 4) is 0 Å². The molecule has 1 amide bonds. The van der Waals surface area contributed by atoms with Crippen LogP contribution in [0, 0.1) is 16.0 Å². The van der Waals surface area contributed by atoms with Gasteiger partial charge in [0, 0.05) is 25.7 Å². The third kappa shape index (κ3) is 4.53. The summed E-state index contributed by atoms with van der Waals surface area (Å²) in [5.41, 5.74) is 0.715. The van der Waals surface area contributed by atoms with Crippen molar-refractivity contribution in [2.75, 3.05) is 26.7 Å². The highest BCUT2D eigenvalue weighted by Gasteiger charge is 2.18. The van der Waals surface area contributed by atoms with Crippen molar-refractivity contribution < 1.29 is 9.72 Å². The third-order valence-electron chi connectivity index (χ3n) is 3.89. The molecule has 1 aromatic carbocycles. The van der Waals surface area contributed by atoms with Crippen LogP contribution in [0.5, 0.6) is 0 Å². The number of hydrogen-bond donors (Lipinski definition) is 1. The molecule has 6 nitrogen and oxygen atoms in total. The summed E-state index contributed by atoms with van der Waals surface area (Å²) in [7, 11) is 1.81.